The van der Waals surface area contributed by atoms with Crippen LogP contribution in [0.2, 0.25) is 0 Å². The monoisotopic (exact) mass is 405 g/mol. The highest BCUT2D eigenvalue weighted by Crippen LogP contribution is 2.28. The number of anilines is 1. The van der Waals surface area contributed by atoms with Gasteiger partial charge >= 0.3 is 5.97 Å². The van der Waals surface area contributed by atoms with Crippen molar-refractivity contribution in [3.05, 3.63) is 59.7 Å². The number of benzene rings is 2. The molecule has 1 amide bonds. The Balaban J connectivity index is 1.97. The highest BCUT2D eigenvalue weighted by Gasteiger charge is 2.18. The molecule has 0 aliphatic rings. The van der Waals surface area contributed by atoms with Gasteiger partial charge in [0.1, 0.15) is 11.6 Å². The molecule has 1 N–H and O–H groups in total. The van der Waals surface area contributed by atoms with Gasteiger partial charge in [0.05, 0.1) is 19.4 Å². The van der Waals surface area contributed by atoms with Crippen molar-refractivity contribution in [1.82, 2.24) is 0 Å². The molecule has 0 aromatic heterocycles. The zero-order chi connectivity index (χ0) is 21.4. The highest BCUT2D eigenvalue weighted by atomic mass is 19.1. The Morgan fingerprint density at radius 1 is 1.14 bits per heavy atom. The molecule has 0 spiro atoms. The fourth-order valence-corrected chi connectivity index (χ4v) is 2.32. The summed E-state index contributed by atoms with van der Waals surface area (Å²) in [4.78, 5) is 24.0. The van der Waals surface area contributed by atoms with Crippen molar-refractivity contribution in [3.63, 3.8) is 0 Å². The number of rotatable bonds is 8. The lowest BCUT2D eigenvalue weighted by Gasteiger charge is -2.13. The quantitative estimate of drug-likeness (QED) is 0.532. The van der Waals surface area contributed by atoms with E-state index in [2.05, 4.69) is 5.32 Å². The maximum atomic E-state index is 13.6. The average molecular weight is 405 g/mol. The molecule has 0 fully saturated rings. The van der Waals surface area contributed by atoms with Gasteiger partial charge in [-0.05, 0) is 49.8 Å². The van der Waals surface area contributed by atoms with Gasteiger partial charge in [-0.15, -0.1) is 0 Å². The van der Waals surface area contributed by atoms with Crippen LogP contribution in [0.4, 0.5) is 14.5 Å². The number of nitrogens with one attached hydrogen (secondary N) is 1. The maximum Gasteiger partial charge on any atom is 0.331 e. The van der Waals surface area contributed by atoms with E-state index >= 15 is 0 Å². The minimum Gasteiger partial charge on any atom is -0.493 e. The molecule has 0 heterocycles. The third-order valence-corrected chi connectivity index (χ3v) is 3.75. The second-order valence-corrected chi connectivity index (χ2v) is 5.87. The Hall–Kier alpha value is -3.42. The van der Waals surface area contributed by atoms with Crippen LogP contribution in [0.25, 0.3) is 6.08 Å². The fraction of sp³-hybridized carbons (Fsp3) is 0.238. The van der Waals surface area contributed by atoms with Crippen molar-refractivity contribution < 1.29 is 32.6 Å². The lowest BCUT2D eigenvalue weighted by molar-refractivity contribution is -0.148. The number of carbonyl (C=O) groups is 2. The third kappa shape index (κ3) is 6.31. The Bertz CT molecular complexity index is 914. The number of hydrogen-bond acceptors (Lipinski definition) is 5. The number of hydrogen-bond donors (Lipinski definition) is 1. The minimum atomic E-state index is -1.19. The topological polar surface area (TPSA) is 73.9 Å². The first-order valence-electron chi connectivity index (χ1n) is 8.79. The van der Waals surface area contributed by atoms with Crippen LogP contribution in [0.3, 0.4) is 0 Å². The van der Waals surface area contributed by atoms with Gasteiger partial charge in [0.2, 0.25) is 0 Å². The van der Waals surface area contributed by atoms with Gasteiger partial charge in [-0.1, -0.05) is 6.07 Å². The number of halogens is 2. The number of ether oxygens (including phenoxy) is 3. The summed E-state index contributed by atoms with van der Waals surface area (Å²) < 4.78 is 42.2. The lowest BCUT2D eigenvalue weighted by atomic mass is 10.2. The molecule has 0 unspecified atom stereocenters. The standard InChI is InChI=1S/C21H21F2NO5/c1-4-28-19-11-14(5-9-18(19)27-3)6-10-20(25)29-13(2)21(26)24-17-8-7-15(22)12-16(17)23/h5-13H,4H2,1-3H3,(H,24,26)/b10-6+/t13-/m0/s1. The SMILES string of the molecule is CCOc1cc(/C=C/C(=O)O[C@@H](C)C(=O)Nc2ccc(F)cc2F)ccc1OC. The maximum absolute atomic E-state index is 13.6. The van der Waals surface area contributed by atoms with Crippen LogP contribution in [0.1, 0.15) is 19.4 Å². The molecule has 2 aromatic rings. The third-order valence-electron chi connectivity index (χ3n) is 3.75. The van der Waals surface area contributed by atoms with E-state index in [0.717, 1.165) is 18.2 Å². The number of methoxy groups -OCH3 is 1. The summed E-state index contributed by atoms with van der Waals surface area (Å²) in [7, 11) is 1.52. The molecule has 2 aromatic carbocycles. The molecule has 0 saturated heterocycles. The molecule has 0 saturated carbocycles. The van der Waals surface area contributed by atoms with Gasteiger partial charge in [-0.2, -0.15) is 0 Å². The van der Waals surface area contributed by atoms with Crippen LogP contribution in [-0.2, 0) is 14.3 Å². The molecule has 29 heavy (non-hydrogen) atoms. The molecule has 6 nitrogen and oxygen atoms in total. The first-order valence-corrected chi connectivity index (χ1v) is 8.79. The van der Waals surface area contributed by atoms with Crippen molar-refractivity contribution in [3.8, 4) is 11.5 Å². The Labute approximate surface area is 167 Å². The largest absolute Gasteiger partial charge is 0.493 e. The molecule has 1 atom stereocenters. The van der Waals surface area contributed by atoms with Gasteiger partial charge in [-0.3, -0.25) is 4.79 Å². The first-order chi connectivity index (χ1) is 13.8. The zero-order valence-corrected chi connectivity index (χ0v) is 16.2. The second kappa shape index (κ2) is 10.2. The normalized spacial score (nSPS) is 11.8. The molecular formula is C21H21F2NO5. The fourth-order valence-electron chi connectivity index (χ4n) is 2.32. The van der Waals surface area contributed by atoms with Crippen molar-refractivity contribution in [2.45, 2.75) is 20.0 Å². The molecular weight excluding hydrogens is 384 g/mol. The highest BCUT2D eigenvalue weighted by molar-refractivity contribution is 5.96. The summed E-state index contributed by atoms with van der Waals surface area (Å²) in [6.07, 6.45) is 1.46. The van der Waals surface area contributed by atoms with Crippen LogP contribution in [-0.4, -0.2) is 31.7 Å². The van der Waals surface area contributed by atoms with Crippen molar-refractivity contribution >= 4 is 23.6 Å². The van der Waals surface area contributed by atoms with Crippen molar-refractivity contribution in [2.75, 3.05) is 19.0 Å². The zero-order valence-electron chi connectivity index (χ0n) is 16.2. The number of carbonyl (C=O) groups excluding carboxylic acids is 2. The Morgan fingerprint density at radius 2 is 1.90 bits per heavy atom. The predicted octanol–water partition coefficient (Wildman–Crippen LogP) is 3.96. The Kier molecular flexibility index (Phi) is 7.70. The van der Waals surface area contributed by atoms with Gasteiger partial charge in [0.25, 0.3) is 5.91 Å². The molecule has 0 aliphatic heterocycles. The van der Waals surface area contributed by atoms with Crippen molar-refractivity contribution in [2.24, 2.45) is 0 Å². The minimum absolute atomic E-state index is 0.212. The van der Waals surface area contributed by atoms with E-state index < -0.39 is 29.6 Å². The van der Waals surface area contributed by atoms with E-state index in [1.165, 1.54) is 20.1 Å². The molecule has 8 heteroatoms. The molecule has 0 bridgehead atoms. The summed E-state index contributed by atoms with van der Waals surface area (Å²) in [5, 5.41) is 2.24. The van der Waals surface area contributed by atoms with E-state index in [9.17, 15) is 18.4 Å². The first kappa shape index (κ1) is 21.9. The molecule has 2 rings (SSSR count). The van der Waals surface area contributed by atoms with Gasteiger partial charge < -0.3 is 19.5 Å². The second-order valence-electron chi connectivity index (χ2n) is 5.87. The van der Waals surface area contributed by atoms with Crippen LogP contribution in [0.5, 0.6) is 11.5 Å². The summed E-state index contributed by atoms with van der Waals surface area (Å²) in [5.74, 6) is -2.12. The number of amides is 1. The van der Waals surface area contributed by atoms with Crippen LogP contribution in [0.15, 0.2) is 42.5 Å². The van der Waals surface area contributed by atoms with Crippen LogP contribution < -0.4 is 14.8 Å². The van der Waals surface area contributed by atoms with Crippen LogP contribution in [0, 0.1) is 11.6 Å². The predicted molar refractivity (Wildman–Crippen MR) is 104 cm³/mol. The van der Waals surface area contributed by atoms with Gasteiger partial charge in [0.15, 0.2) is 17.6 Å². The van der Waals surface area contributed by atoms with Gasteiger partial charge in [-0.25, -0.2) is 13.6 Å². The van der Waals surface area contributed by atoms with E-state index in [-0.39, 0.29) is 5.69 Å². The van der Waals surface area contributed by atoms with Crippen molar-refractivity contribution in [1.29, 1.82) is 0 Å². The van der Waals surface area contributed by atoms with E-state index in [4.69, 9.17) is 14.2 Å². The summed E-state index contributed by atoms with van der Waals surface area (Å²) in [5.41, 5.74) is 0.452. The Morgan fingerprint density at radius 3 is 2.55 bits per heavy atom. The summed E-state index contributed by atoms with van der Waals surface area (Å²) in [6, 6.07) is 7.84. The average Bonchev–Trinajstić information content (AvgIpc) is 2.68. The van der Waals surface area contributed by atoms with E-state index in [1.54, 1.807) is 18.2 Å². The number of esters is 1. The molecule has 0 aliphatic carbocycles. The smallest absolute Gasteiger partial charge is 0.331 e. The van der Waals surface area contributed by atoms with Crippen LogP contribution >= 0.6 is 0 Å². The molecule has 0 radical (unpaired) electrons. The summed E-state index contributed by atoms with van der Waals surface area (Å²) >= 11 is 0. The molecule has 154 valence electrons. The van der Waals surface area contributed by atoms with Gasteiger partial charge in [0, 0.05) is 12.1 Å². The van der Waals surface area contributed by atoms with E-state index in [1.807, 2.05) is 6.92 Å². The lowest BCUT2D eigenvalue weighted by Crippen LogP contribution is -2.29. The summed E-state index contributed by atoms with van der Waals surface area (Å²) in [6.45, 7) is 3.62. The van der Waals surface area contributed by atoms with E-state index in [0.29, 0.717) is 29.7 Å².